The highest BCUT2D eigenvalue weighted by Gasteiger charge is 2.37. The van der Waals surface area contributed by atoms with Gasteiger partial charge in [0.2, 0.25) is 11.8 Å². The number of hydrogen-bond donors (Lipinski definition) is 5. The Morgan fingerprint density at radius 1 is 0.969 bits per heavy atom. The first-order valence-electron chi connectivity index (χ1n) is 10.9. The van der Waals surface area contributed by atoms with Gasteiger partial charge in [0.25, 0.3) is 0 Å². The van der Waals surface area contributed by atoms with E-state index in [0.29, 0.717) is 25.1 Å². The Labute approximate surface area is 188 Å². The van der Waals surface area contributed by atoms with Crippen molar-refractivity contribution in [3.05, 3.63) is 11.3 Å². The van der Waals surface area contributed by atoms with E-state index in [-0.39, 0.29) is 41.8 Å². The molecule has 0 spiro atoms. The van der Waals surface area contributed by atoms with Gasteiger partial charge in [-0.25, -0.2) is 4.79 Å². The number of carbonyl (C=O) groups excluding carboxylic acids is 4. The molecule has 1 rings (SSSR count). The van der Waals surface area contributed by atoms with Crippen LogP contribution in [0.25, 0.3) is 0 Å². The zero-order valence-corrected chi connectivity index (χ0v) is 19.5. The molecule has 0 radical (unpaired) electrons. The fourth-order valence-corrected chi connectivity index (χ4v) is 3.60. The molecule has 1 aliphatic carbocycles. The Morgan fingerprint density at radius 3 is 1.97 bits per heavy atom. The molecule has 0 aromatic heterocycles. The van der Waals surface area contributed by atoms with Crippen molar-refractivity contribution in [2.24, 2.45) is 11.1 Å². The summed E-state index contributed by atoms with van der Waals surface area (Å²) in [6, 6.07) is -2.87. The number of carboxylic acid groups (broad SMARTS) is 1. The van der Waals surface area contributed by atoms with Crippen LogP contribution in [0.15, 0.2) is 11.3 Å². The van der Waals surface area contributed by atoms with Gasteiger partial charge in [-0.15, -0.1) is 0 Å². The number of rotatable bonds is 11. The van der Waals surface area contributed by atoms with E-state index in [0.717, 1.165) is 0 Å². The van der Waals surface area contributed by atoms with E-state index in [1.165, 1.54) is 6.92 Å². The molecule has 6 N–H and O–H groups in total. The minimum absolute atomic E-state index is 0.0801. The number of amides is 2. The van der Waals surface area contributed by atoms with Crippen molar-refractivity contribution in [3.63, 3.8) is 0 Å². The normalized spacial score (nSPS) is 18.4. The van der Waals surface area contributed by atoms with E-state index in [1.54, 1.807) is 13.8 Å². The number of carbonyl (C=O) groups is 5. The number of allylic oxidation sites excluding steroid dienone is 2. The van der Waals surface area contributed by atoms with Gasteiger partial charge in [-0.05, 0) is 52.0 Å². The highest BCUT2D eigenvalue weighted by molar-refractivity contribution is 6.22. The molecule has 0 unspecified atom stereocenters. The van der Waals surface area contributed by atoms with Crippen molar-refractivity contribution in [2.75, 3.05) is 6.54 Å². The van der Waals surface area contributed by atoms with Gasteiger partial charge in [0.1, 0.15) is 18.1 Å². The van der Waals surface area contributed by atoms with Crippen LogP contribution in [-0.4, -0.2) is 59.1 Å². The van der Waals surface area contributed by atoms with Crippen molar-refractivity contribution in [2.45, 2.75) is 84.8 Å². The predicted octanol–water partition coefficient (Wildman–Crippen LogP) is 0.400. The van der Waals surface area contributed by atoms with Crippen LogP contribution in [0.1, 0.15) is 66.7 Å². The van der Waals surface area contributed by atoms with Crippen molar-refractivity contribution in [3.8, 4) is 0 Å². The van der Waals surface area contributed by atoms with Gasteiger partial charge in [0, 0.05) is 18.5 Å². The molecule has 1 aliphatic rings. The van der Waals surface area contributed by atoms with Crippen LogP contribution >= 0.6 is 0 Å². The molecule has 0 aromatic carbocycles. The van der Waals surface area contributed by atoms with E-state index in [1.807, 2.05) is 13.8 Å². The summed E-state index contributed by atoms with van der Waals surface area (Å²) in [6.07, 6.45) is 1.94. The fourth-order valence-electron chi connectivity index (χ4n) is 3.60. The molecule has 0 aliphatic heterocycles. The first-order chi connectivity index (χ1) is 14.8. The van der Waals surface area contributed by atoms with Gasteiger partial charge in [-0.1, -0.05) is 13.8 Å². The van der Waals surface area contributed by atoms with Gasteiger partial charge in [-0.2, -0.15) is 0 Å². The van der Waals surface area contributed by atoms with Gasteiger partial charge >= 0.3 is 5.97 Å². The van der Waals surface area contributed by atoms with E-state index >= 15 is 0 Å². The van der Waals surface area contributed by atoms with Crippen LogP contribution in [0.2, 0.25) is 0 Å². The van der Waals surface area contributed by atoms with Gasteiger partial charge in [0.05, 0.1) is 5.57 Å². The lowest BCUT2D eigenvalue weighted by molar-refractivity contribution is -0.142. The highest BCUT2D eigenvalue weighted by Crippen LogP contribution is 2.34. The van der Waals surface area contributed by atoms with Crippen molar-refractivity contribution in [1.82, 2.24) is 16.0 Å². The molecule has 0 heterocycles. The van der Waals surface area contributed by atoms with Crippen molar-refractivity contribution >= 4 is 29.4 Å². The molecule has 10 heteroatoms. The van der Waals surface area contributed by atoms with Crippen LogP contribution in [0, 0.1) is 5.41 Å². The lowest BCUT2D eigenvalue weighted by Gasteiger charge is -2.30. The number of hydrogen-bond acceptors (Lipinski definition) is 7. The summed E-state index contributed by atoms with van der Waals surface area (Å²) in [5, 5.41) is 17.1. The molecule has 10 nitrogen and oxygen atoms in total. The Kier molecular flexibility index (Phi) is 10.0. The fraction of sp³-hybridized carbons (Fsp3) is 0.682. The average molecular weight is 453 g/mol. The Bertz CT molecular complexity index is 767. The molecule has 2 amide bonds. The number of Topliss-reactive ketones (excluding diaryl/α,β-unsaturated/α-hetero) is 2. The number of carboxylic acids is 1. The maximum absolute atomic E-state index is 12.5. The molecular weight excluding hydrogens is 416 g/mol. The maximum atomic E-state index is 12.5. The third-order valence-corrected chi connectivity index (χ3v) is 5.35. The first-order valence-corrected chi connectivity index (χ1v) is 10.9. The van der Waals surface area contributed by atoms with Crippen LogP contribution in [0.3, 0.4) is 0 Å². The SMILES string of the molecule is CC(N[C@@H](C)C(=O)N[C@@H](C)C(=O)N[C@@H](CCCCN)C(=O)O)=C1C(=O)CC(C)(C)CC1=O. The molecule has 180 valence electrons. The average Bonchev–Trinajstić information content (AvgIpc) is 2.65. The number of nitrogens with two attached hydrogens (primary N) is 1. The molecular formula is C22H36N4O6. The second kappa shape index (κ2) is 11.8. The molecule has 32 heavy (non-hydrogen) atoms. The smallest absolute Gasteiger partial charge is 0.326 e. The minimum atomic E-state index is -1.16. The minimum Gasteiger partial charge on any atom is -0.480 e. The molecule has 0 aromatic rings. The number of ketones is 2. The van der Waals surface area contributed by atoms with E-state index < -0.39 is 35.9 Å². The molecule has 3 atom stereocenters. The summed E-state index contributed by atoms with van der Waals surface area (Å²) in [6.45, 7) is 8.71. The molecule has 1 saturated carbocycles. The third-order valence-electron chi connectivity index (χ3n) is 5.35. The largest absolute Gasteiger partial charge is 0.480 e. The second-order valence-electron chi connectivity index (χ2n) is 9.14. The van der Waals surface area contributed by atoms with Crippen LogP contribution in [-0.2, 0) is 24.0 Å². The zero-order chi connectivity index (χ0) is 24.6. The molecule has 0 saturated heterocycles. The Balaban J connectivity index is 2.70. The van der Waals surface area contributed by atoms with Crippen LogP contribution < -0.4 is 21.7 Å². The highest BCUT2D eigenvalue weighted by atomic mass is 16.4. The van der Waals surface area contributed by atoms with Crippen molar-refractivity contribution in [1.29, 1.82) is 0 Å². The Morgan fingerprint density at radius 2 is 1.47 bits per heavy atom. The number of aliphatic carboxylic acids is 1. The lowest BCUT2D eigenvalue weighted by atomic mass is 9.73. The van der Waals surface area contributed by atoms with E-state index in [2.05, 4.69) is 16.0 Å². The summed E-state index contributed by atoms with van der Waals surface area (Å²) in [5.41, 5.74) is 5.42. The summed E-state index contributed by atoms with van der Waals surface area (Å²) in [7, 11) is 0. The first kappa shape index (κ1) is 27.3. The second-order valence-corrected chi connectivity index (χ2v) is 9.14. The van der Waals surface area contributed by atoms with Crippen LogP contribution in [0.4, 0.5) is 0 Å². The predicted molar refractivity (Wildman–Crippen MR) is 118 cm³/mol. The summed E-state index contributed by atoms with van der Waals surface area (Å²) >= 11 is 0. The van der Waals surface area contributed by atoms with Gasteiger partial charge in [0.15, 0.2) is 11.6 Å². The quantitative estimate of drug-likeness (QED) is 0.170. The molecule has 1 fully saturated rings. The van der Waals surface area contributed by atoms with Crippen LogP contribution in [0.5, 0.6) is 0 Å². The summed E-state index contributed by atoms with van der Waals surface area (Å²) < 4.78 is 0. The van der Waals surface area contributed by atoms with E-state index in [9.17, 15) is 29.1 Å². The summed E-state index contributed by atoms with van der Waals surface area (Å²) in [5.74, 6) is -2.83. The standard InChI is InChI=1S/C22H36N4O6/c1-12(18-16(27)10-22(4,5)11-17(18)28)24-13(2)19(29)25-14(3)20(30)26-15(21(31)32)8-6-7-9-23/h13-15,24H,6-11,23H2,1-5H3,(H,25,29)(H,26,30)(H,31,32)/t13-,14-,15-/m0/s1. The lowest BCUT2D eigenvalue weighted by Crippen LogP contribution is -2.53. The van der Waals surface area contributed by atoms with Crippen molar-refractivity contribution < 1.29 is 29.1 Å². The zero-order valence-electron chi connectivity index (χ0n) is 19.5. The van der Waals surface area contributed by atoms with Gasteiger partial charge in [-0.3, -0.25) is 19.2 Å². The van der Waals surface area contributed by atoms with E-state index in [4.69, 9.17) is 5.73 Å². The number of nitrogens with one attached hydrogen (secondary N) is 3. The molecule has 0 bridgehead atoms. The number of unbranched alkanes of at least 4 members (excludes halogenated alkanes) is 1. The maximum Gasteiger partial charge on any atom is 0.326 e. The Hall–Kier alpha value is -2.75. The monoisotopic (exact) mass is 452 g/mol. The summed E-state index contributed by atoms with van der Waals surface area (Å²) in [4.78, 5) is 61.0. The van der Waals surface area contributed by atoms with Gasteiger partial charge < -0.3 is 26.8 Å². The topological polar surface area (TPSA) is 168 Å². The third kappa shape index (κ3) is 8.07.